The van der Waals surface area contributed by atoms with Crippen molar-refractivity contribution in [3.8, 4) is 0 Å². The number of rotatable bonds is 6. The number of hydroxylamine groups is 1. The molecule has 0 saturated carbocycles. The fourth-order valence-electron chi connectivity index (χ4n) is 0.337. The van der Waals surface area contributed by atoms with E-state index in [1.807, 2.05) is 5.48 Å². The smallest absolute Gasteiger partial charge is 1.00 e. The molecule has 0 radical (unpaired) electrons. The quantitative estimate of drug-likeness (QED) is 0.138. The Morgan fingerprint density at radius 2 is 1.86 bits per heavy atom. The first-order chi connectivity index (χ1) is 5.77. The van der Waals surface area contributed by atoms with E-state index >= 15 is 0 Å². The van der Waals surface area contributed by atoms with Crippen LogP contribution < -0.4 is 40.8 Å². The minimum atomic E-state index is -5.05. The van der Waals surface area contributed by atoms with Crippen LogP contribution in [0.4, 0.5) is 0 Å². The second-order valence-corrected chi connectivity index (χ2v) is 4.57. The van der Waals surface area contributed by atoms with Crippen LogP contribution in [0.1, 0.15) is 1.43 Å². The van der Waals surface area contributed by atoms with Gasteiger partial charge in [0.25, 0.3) is 0 Å². The third-order valence-corrected chi connectivity index (χ3v) is 2.67. The number of hydrogen-bond acceptors (Lipinski definition) is 6. The molecular formula is C2H11N2NaO7P2. The van der Waals surface area contributed by atoms with Crippen LogP contribution in [-0.2, 0) is 18.1 Å². The van der Waals surface area contributed by atoms with Gasteiger partial charge in [-0.1, -0.05) is 0 Å². The van der Waals surface area contributed by atoms with E-state index in [0.29, 0.717) is 0 Å². The topological polar surface area (TPSA) is 151 Å². The average Bonchev–Trinajstić information content (AvgIpc) is 1.81. The van der Waals surface area contributed by atoms with E-state index in [0.717, 1.165) is 0 Å². The van der Waals surface area contributed by atoms with Crippen molar-refractivity contribution >= 4 is 15.6 Å². The molecule has 6 N–H and O–H groups in total. The maximum absolute atomic E-state index is 10.6. The Hall–Kier alpha value is 1.18. The van der Waals surface area contributed by atoms with Gasteiger partial charge in [-0.2, -0.15) is 14.4 Å². The second-order valence-electron chi connectivity index (χ2n) is 1.82. The maximum Gasteiger partial charge on any atom is 1.00 e. The molecule has 12 heteroatoms. The molecule has 0 aromatic rings. The third-order valence-electron chi connectivity index (χ3n) is 0.636. The van der Waals surface area contributed by atoms with E-state index in [1.165, 1.54) is 0 Å². The van der Waals surface area contributed by atoms with E-state index < -0.39 is 15.6 Å². The van der Waals surface area contributed by atoms with Gasteiger partial charge in [0, 0.05) is 13.1 Å². The van der Waals surface area contributed by atoms with Crippen molar-refractivity contribution in [2.75, 3.05) is 13.1 Å². The van der Waals surface area contributed by atoms with E-state index in [4.69, 9.17) is 20.4 Å². The summed E-state index contributed by atoms with van der Waals surface area (Å²) in [5.41, 5.74) is 6.87. The average molecular weight is 260 g/mol. The van der Waals surface area contributed by atoms with Gasteiger partial charge >= 0.3 is 45.2 Å². The van der Waals surface area contributed by atoms with Gasteiger partial charge in [-0.25, -0.2) is 9.13 Å². The van der Waals surface area contributed by atoms with E-state index in [-0.39, 0.29) is 44.1 Å². The molecule has 0 rings (SSSR count). The molecule has 14 heavy (non-hydrogen) atoms. The first-order valence-corrected chi connectivity index (χ1v) is 6.00. The van der Waals surface area contributed by atoms with Crippen molar-refractivity contribution in [3.63, 3.8) is 0 Å². The summed E-state index contributed by atoms with van der Waals surface area (Å²) in [6.07, 6.45) is 0. The van der Waals surface area contributed by atoms with Gasteiger partial charge in [0.05, 0.1) is 0 Å². The zero-order chi connectivity index (χ0) is 10.5. The summed E-state index contributed by atoms with van der Waals surface area (Å²) in [5.74, 6) is 0. The third kappa shape index (κ3) is 11.3. The fraction of sp³-hybridized carbons (Fsp3) is 1.00. The number of phosphoric acid groups is 2. The molecule has 1 unspecified atom stereocenters. The molecule has 1 atom stereocenters. The molecule has 0 saturated heterocycles. The van der Waals surface area contributed by atoms with Crippen LogP contribution in [0.25, 0.3) is 0 Å². The van der Waals surface area contributed by atoms with E-state index in [2.05, 4.69) is 8.94 Å². The minimum absolute atomic E-state index is 0. The van der Waals surface area contributed by atoms with Crippen LogP contribution in [0, 0.1) is 0 Å². The van der Waals surface area contributed by atoms with Crippen LogP contribution in [-0.4, -0.2) is 27.8 Å². The summed E-state index contributed by atoms with van der Waals surface area (Å²) >= 11 is 0. The Morgan fingerprint density at radius 3 is 2.21 bits per heavy atom. The van der Waals surface area contributed by atoms with Crippen molar-refractivity contribution in [2.45, 2.75) is 0 Å². The van der Waals surface area contributed by atoms with Crippen LogP contribution in [0.5, 0.6) is 0 Å². The molecule has 0 fully saturated rings. The second kappa shape index (κ2) is 7.45. The molecule has 0 aliphatic carbocycles. The molecule has 0 aliphatic rings. The Bertz CT molecular complexity index is 247. The summed E-state index contributed by atoms with van der Waals surface area (Å²) in [7, 11) is -9.82. The van der Waals surface area contributed by atoms with Gasteiger partial charge in [-0.3, -0.25) is 0 Å². The first-order valence-electron chi connectivity index (χ1n) is 2.98. The molecule has 0 aliphatic heterocycles. The van der Waals surface area contributed by atoms with Gasteiger partial charge in [-0.15, -0.1) is 0 Å². The van der Waals surface area contributed by atoms with Crippen molar-refractivity contribution in [1.82, 2.24) is 5.48 Å². The van der Waals surface area contributed by atoms with Crippen molar-refractivity contribution in [1.29, 1.82) is 0 Å². The van der Waals surface area contributed by atoms with Crippen molar-refractivity contribution < 1.29 is 63.7 Å². The Kier molecular flexibility index (Phi) is 9.35. The summed E-state index contributed by atoms with van der Waals surface area (Å²) in [4.78, 5) is 24.9. The normalized spacial score (nSPS) is 15.7. The monoisotopic (exact) mass is 260 g/mol. The van der Waals surface area contributed by atoms with Crippen molar-refractivity contribution in [2.24, 2.45) is 5.73 Å². The Balaban J connectivity index is -0.000000720. The molecule has 0 aromatic heterocycles. The maximum atomic E-state index is 10.6. The predicted octanol–water partition coefficient (Wildman–Crippen LogP) is -4.21. The predicted molar refractivity (Wildman–Crippen MR) is 42.2 cm³/mol. The first kappa shape index (κ1) is 17.6. The van der Waals surface area contributed by atoms with Gasteiger partial charge in [0.15, 0.2) is 0 Å². The minimum Gasteiger partial charge on any atom is -1.00 e. The number of nitrogens with one attached hydrogen (secondary N) is 1. The summed E-state index contributed by atoms with van der Waals surface area (Å²) in [6, 6.07) is 0. The van der Waals surface area contributed by atoms with Gasteiger partial charge < -0.3 is 21.8 Å². The Labute approximate surface area is 104 Å². The molecule has 0 heterocycles. The van der Waals surface area contributed by atoms with E-state index in [1.54, 1.807) is 0 Å². The summed E-state index contributed by atoms with van der Waals surface area (Å²) in [6.45, 7) is 0.158. The zero-order valence-electron chi connectivity index (χ0n) is 8.36. The van der Waals surface area contributed by atoms with Gasteiger partial charge in [-0.05, 0) is 0 Å². The SMILES string of the molecule is NCCNOP(=O)(O)OP(=O)(O)O.[H-].[Na+]. The molecule has 82 valence electrons. The van der Waals surface area contributed by atoms with Gasteiger partial charge in [0.2, 0.25) is 0 Å². The van der Waals surface area contributed by atoms with Crippen LogP contribution in [0.3, 0.4) is 0 Å². The Morgan fingerprint density at radius 1 is 1.36 bits per heavy atom. The van der Waals surface area contributed by atoms with Crippen LogP contribution in [0.15, 0.2) is 0 Å². The molecular weight excluding hydrogens is 249 g/mol. The van der Waals surface area contributed by atoms with E-state index in [9.17, 15) is 9.13 Å². The van der Waals surface area contributed by atoms with Gasteiger partial charge in [0.1, 0.15) is 0 Å². The van der Waals surface area contributed by atoms with Crippen LogP contribution >= 0.6 is 15.6 Å². The van der Waals surface area contributed by atoms with Crippen LogP contribution in [0.2, 0.25) is 0 Å². The number of nitrogens with two attached hydrogens (primary N) is 1. The number of hydrogen-bond donors (Lipinski definition) is 5. The zero-order valence-corrected chi connectivity index (χ0v) is 11.1. The van der Waals surface area contributed by atoms with Crippen molar-refractivity contribution in [3.05, 3.63) is 0 Å². The largest absolute Gasteiger partial charge is 1.00 e. The standard InChI is InChI=1S/C2H10N2O7P2.Na.H/c3-1-2-4-10-13(8,9)11-12(5,6)7;;/h4H,1-3H2,(H,8,9)(H2,5,6,7);;/q;+1;-1. The molecule has 0 amide bonds. The molecule has 0 bridgehead atoms. The fourth-order valence-corrected chi connectivity index (χ4v) is 1.80. The molecule has 0 spiro atoms. The summed E-state index contributed by atoms with van der Waals surface area (Å²) < 4.78 is 28.0. The summed E-state index contributed by atoms with van der Waals surface area (Å²) in [5, 5.41) is 0. The molecule has 0 aromatic carbocycles. The molecule has 9 nitrogen and oxygen atoms in total.